The van der Waals surface area contributed by atoms with Gasteiger partial charge in [-0.1, -0.05) is 31.5 Å². The molecule has 120 valence electrons. The van der Waals surface area contributed by atoms with Crippen molar-refractivity contribution in [3.05, 3.63) is 29.3 Å². The third-order valence-corrected chi connectivity index (χ3v) is 3.54. The highest BCUT2D eigenvalue weighted by atomic mass is 16.5. The molecule has 0 saturated carbocycles. The maximum absolute atomic E-state index is 5.51. The second-order valence-corrected chi connectivity index (χ2v) is 5.93. The molecule has 3 heteroatoms. The Kier molecular flexibility index (Phi) is 8.40. The molecule has 3 nitrogen and oxygen atoms in total. The predicted octanol–water partition coefficient (Wildman–Crippen LogP) is 3.60. The molecule has 0 aromatic heterocycles. The van der Waals surface area contributed by atoms with Gasteiger partial charge < -0.3 is 15.0 Å². The first-order valence-electron chi connectivity index (χ1n) is 8.21. The standard InChI is InChI=1S/C18H32N2O/c1-6-20(10-11-21-7-2)18-9-8-16(5)12-17(18)14-19-13-15(3)4/h8-9,12,15,19H,6-7,10-11,13-14H2,1-5H3. The van der Waals surface area contributed by atoms with Crippen LogP contribution in [0.3, 0.4) is 0 Å². The maximum Gasteiger partial charge on any atom is 0.0641 e. The number of hydrogen-bond donors (Lipinski definition) is 1. The summed E-state index contributed by atoms with van der Waals surface area (Å²) < 4.78 is 5.51. The number of anilines is 1. The number of ether oxygens (including phenoxy) is 1. The summed E-state index contributed by atoms with van der Waals surface area (Å²) >= 11 is 0. The Morgan fingerprint density at radius 1 is 1.24 bits per heavy atom. The number of hydrogen-bond acceptors (Lipinski definition) is 3. The average molecular weight is 292 g/mol. The summed E-state index contributed by atoms with van der Waals surface area (Å²) in [5.74, 6) is 0.679. The van der Waals surface area contributed by atoms with Crippen molar-refractivity contribution in [2.24, 2.45) is 5.92 Å². The molecule has 0 atom stereocenters. The molecule has 0 spiro atoms. The van der Waals surface area contributed by atoms with Gasteiger partial charge in [0.25, 0.3) is 0 Å². The van der Waals surface area contributed by atoms with Crippen LogP contribution in [0, 0.1) is 12.8 Å². The minimum absolute atomic E-state index is 0.679. The van der Waals surface area contributed by atoms with Gasteiger partial charge in [0.05, 0.1) is 6.61 Å². The predicted molar refractivity (Wildman–Crippen MR) is 92.1 cm³/mol. The molecule has 1 rings (SSSR count). The Morgan fingerprint density at radius 3 is 2.62 bits per heavy atom. The van der Waals surface area contributed by atoms with Crippen LogP contribution >= 0.6 is 0 Å². The molecule has 0 unspecified atom stereocenters. The fourth-order valence-corrected chi connectivity index (χ4v) is 2.43. The summed E-state index contributed by atoms with van der Waals surface area (Å²) in [7, 11) is 0. The summed E-state index contributed by atoms with van der Waals surface area (Å²) in [4.78, 5) is 2.40. The van der Waals surface area contributed by atoms with E-state index >= 15 is 0 Å². The van der Waals surface area contributed by atoms with Gasteiger partial charge in [-0.05, 0) is 44.9 Å². The van der Waals surface area contributed by atoms with Crippen molar-refractivity contribution in [1.82, 2.24) is 5.32 Å². The minimum Gasteiger partial charge on any atom is -0.380 e. The van der Waals surface area contributed by atoms with Crippen molar-refractivity contribution < 1.29 is 4.74 Å². The van der Waals surface area contributed by atoms with Gasteiger partial charge in [-0.3, -0.25) is 0 Å². The van der Waals surface area contributed by atoms with Gasteiger partial charge in [-0.2, -0.15) is 0 Å². The van der Waals surface area contributed by atoms with E-state index in [0.717, 1.165) is 39.4 Å². The summed E-state index contributed by atoms with van der Waals surface area (Å²) in [6.45, 7) is 16.4. The molecule has 0 aliphatic rings. The Bertz CT molecular complexity index is 404. The van der Waals surface area contributed by atoms with Gasteiger partial charge >= 0.3 is 0 Å². The van der Waals surface area contributed by atoms with Crippen LogP contribution in [0.15, 0.2) is 18.2 Å². The summed E-state index contributed by atoms with van der Waals surface area (Å²) in [5, 5.41) is 3.56. The average Bonchev–Trinajstić information content (AvgIpc) is 2.44. The molecule has 0 aliphatic carbocycles. The zero-order valence-electron chi connectivity index (χ0n) is 14.4. The minimum atomic E-state index is 0.679. The van der Waals surface area contributed by atoms with Crippen LogP contribution in [0.25, 0.3) is 0 Å². The maximum atomic E-state index is 5.51. The lowest BCUT2D eigenvalue weighted by atomic mass is 10.1. The smallest absolute Gasteiger partial charge is 0.0641 e. The fourth-order valence-electron chi connectivity index (χ4n) is 2.43. The van der Waals surface area contributed by atoms with Gasteiger partial charge in [0.2, 0.25) is 0 Å². The number of nitrogens with one attached hydrogen (secondary N) is 1. The van der Waals surface area contributed by atoms with Gasteiger partial charge in [-0.15, -0.1) is 0 Å². The Hall–Kier alpha value is -1.06. The summed E-state index contributed by atoms with van der Waals surface area (Å²) in [6, 6.07) is 6.74. The number of aryl methyl sites for hydroxylation is 1. The first-order valence-corrected chi connectivity index (χ1v) is 8.21. The van der Waals surface area contributed by atoms with E-state index in [1.54, 1.807) is 0 Å². The van der Waals surface area contributed by atoms with Gasteiger partial charge in [0, 0.05) is 31.9 Å². The zero-order chi connectivity index (χ0) is 15.7. The third kappa shape index (κ3) is 6.49. The number of rotatable bonds is 10. The third-order valence-electron chi connectivity index (χ3n) is 3.54. The molecule has 0 saturated heterocycles. The van der Waals surface area contributed by atoms with Crippen LogP contribution in [0.2, 0.25) is 0 Å². The monoisotopic (exact) mass is 292 g/mol. The van der Waals surface area contributed by atoms with Crippen molar-refractivity contribution >= 4 is 5.69 Å². The molecule has 0 amide bonds. The van der Waals surface area contributed by atoms with E-state index in [1.807, 2.05) is 6.92 Å². The molecular weight excluding hydrogens is 260 g/mol. The lowest BCUT2D eigenvalue weighted by Crippen LogP contribution is -2.29. The number of benzene rings is 1. The zero-order valence-corrected chi connectivity index (χ0v) is 14.4. The molecule has 0 aliphatic heterocycles. The van der Waals surface area contributed by atoms with E-state index in [4.69, 9.17) is 4.74 Å². The SMILES string of the molecule is CCOCCN(CC)c1ccc(C)cc1CNCC(C)C. The molecule has 21 heavy (non-hydrogen) atoms. The van der Waals surface area contributed by atoms with Crippen LogP contribution in [-0.2, 0) is 11.3 Å². The normalized spacial score (nSPS) is 11.1. The first-order chi connectivity index (χ1) is 10.1. The van der Waals surface area contributed by atoms with Gasteiger partial charge in [0.1, 0.15) is 0 Å². The Morgan fingerprint density at radius 2 is 2.00 bits per heavy atom. The molecular formula is C18H32N2O. The highest BCUT2D eigenvalue weighted by Gasteiger charge is 2.10. The van der Waals surface area contributed by atoms with E-state index in [2.05, 4.69) is 56.1 Å². The summed E-state index contributed by atoms with van der Waals surface area (Å²) in [5.41, 5.74) is 4.04. The van der Waals surface area contributed by atoms with E-state index in [-0.39, 0.29) is 0 Å². The molecule has 1 N–H and O–H groups in total. The van der Waals surface area contributed by atoms with Gasteiger partial charge in [0.15, 0.2) is 0 Å². The summed E-state index contributed by atoms with van der Waals surface area (Å²) in [6.07, 6.45) is 0. The van der Waals surface area contributed by atoms with Crippen molar-refractivity contribution in [2.45, 2.75) is 41.2 Å². The second-order valence-electron chi connectivity index (χ2n) is 5.93. The highest BCUT2D eigenvalue weighted by molar-refractivity contribution is 5.55. The van der Waals surface area contributed by atoms with Crippen LogP contribution < -0.4 is 10.2 Å². The Labute approximate surface area is 130 Å². The van der Waals surface area contributed by atoms with E-state index in [9.17, 15) is 0 Å². The van der Waals surface area contributed by atoms with Gasteiger partial charge in [-0.25, -0.2) is 0 Å². The first kappa shape index (κ1) is 18.0. The highest BCUT2D eigenvalue weighted by Crippen LogP contribution is 2.22. The van der Waals surface area contributed by atoms with Crippen LogP contribution in [0.5, 0.6) is 0 Å². The molecule has 1 aromatic carbocycles. The van der Waals surface area contributed by atoms with E-state index in [1.165, 1.54) is 16.8 Å². The van der Waals surface area contributed by atoms with Crippen LogP contribution in [-0.4, -0.2) is 32.8 Å². The Balaban J connectivity index is 2.77. The molecule has 0 radical (unpaired) electrons. The van der Waals surface area contributed by atoms with Crippen molar-refractivity contribution in [2.75, 3.05) is 37.7 Å². The topological polar surface area (TPSA) is 24.5 Å². The van der Waals surface area contributed by atoms with Crippen LogP contribution in [0.1, 0.15) is 38.8 Å². The molecule has 0 fully saturated rings. The second kappa shape index (κ2) is 9.80. The number of likely N-dealkylation sites (N-methyl/N-ethyl adjacent to an activating group) is 1. The van der Waals surface area contributed by atoms with E-state index in [0.29, 0.717) is 5.92 Å². The lowest BCUT2D eigenvalue weighted by molar-refractivity contribution is 0.154. The van der Waals surface area contributed by atoms with E-state index < -0.39 is 0 Å². The number of nitrogens with zero attached hydrogens (tertiary/aromatic N) is 1. The lowest BCUT2D eigenvalue weighted by Gasteiger charge is -2.26. The van der Waals surface area contributed by atoms with Crippen LogP contribution in [0.4, 0.5) is 5.69 Å². The van der Waals surface area contributed by atoms with Crippen molar-refractivity contribution in [3.63, 3.8) is 0 Å². The van der Waals surface area contributed by atoms with Crippen molar-refractivity contribution in [3.8, 4) is 0 Å². The fraction of sp³-hybridized carbons (Fsp3) is 0.667. The molecule has 0 bridgehead atoms. The van der Waals surface area contributed by atoms with Crippen molar-refractivity contribution in [1.29, 1.82) is 0 Å². The molecule has 0 heterocycles. The quantitative estimate of drug-likeness (QED) is 0.667. The molecule has 1 aromatic rings. The largest absolute Gasteiger partial charge is 0.380 e.